The van der Waals surface area contributed by atoms with E-state index < -0.39 is 11.1 Å². The molecule has 10 heteroatoms. The third-order valence-electron chi connectivity index (χ3n) is 11.9. The number of aromatic nitrogens is 1. The number of urea groups is 1. The smallest absolute Gasteiger partial charge is 0.326 e. The molecule has 7 rings (SSSR count). The van der Waals surface area contributed by atoms with Crippen LogP contribution in [0.15, 0.2) is 90.1 Å². The van der Waals surface area contributed by atoms with Gasteiger partial charge in [-0.3, -0.25) is 19.7 Å². The number of rotatable bonds is 7. The van der Waals surface area contributed by atoms with E-state index in [2.05, 4.69) is 52.8 Å². The quantitative estimate of drug-likeness (QED) is 0.187. The number of carbonyl (C=O) groups excluding carboxylic acids is 2. The van der Waals surface area contributed by atoms with Crippen LogP contribution in [0, 0.1) is 5.92 Å². The second-order valence-electron chi connectivity index (χ2n) is 16.4. The Kier molecular flexibility index (Phi) is 10.8. The van der Waals surface area contributed by atoms with Crippen LogP contribution in [0.4, 0.5) is 4.79 Å². The molecule has 4 aromatic rings. The van der Waals surface area contributed by atoms with Crippen LogP contribution >= 0.6 is 23.2 Å². The number of aliphatic imine (C=N–C) groups is 1. The first-order chi connectivity index (χ1) is 26.2. The molecule has 0 bridgehead atoms. The zero-order chi connectivity index (χ0) is 39.1. The molecule has 0 N–H and O–H groups in total. The fourth-order valence-electron chi connectivity index (χ4n) is 8.41. The van der Waals surface area contributed by atoms with Crippen molar-refractivity contribution in [1.29, 1.82) is 0 Å². The molecule has 55 heavy (non-hydrogen) atoms. The van der Waals surface area contributed by atoms with Gasteiger partial charge in [0.05, 0.1) is 12.2 Å². The fourth-order valence-corrected chi connectivity index (χ4v) is 8.66. The minimum Gasteiger partial charge on any atom is -0.493 e. The van der Waals surface area contributed by atoms with Crippen molar-refractivity contribution in [3.8, 4) is 5.75 Å². The van der Waals surface area contributed by atoms with Crippen LogP contribution in [0.2, 0.25) is 10.0 Å². The van der Waals surface area contributed by atoms with Crippen molar-refractivity contribution in [3.63, 3.8) is 0 Å². The van der Waals surface area contributed by atoms with Crippen LogP contribution in [0.25, 0.3) is 0 Å². The van der Waals surface area contributed by atoms with Crippen molar-refractivity contribution in [1.82, 2.24) is 19.7 Å². The lowest BCUT2D eigenvalue weighted by Crippen LogP contribution is -2.59. The summed E-state index contributed by atoms with van der Waals surface area (Å²) in [6.07, 6.45) is 4.65. The van der Waals surface area contributed by atoms with E-state index in [1.165, 1.54) is 11.1 Å². The molecule has 1 saturated heterocycles. The number of amides is 3. The summed E-state index contributed by atoms with van der Waals surface area (Å²) in [6, 6.07) is 25.6. The normalized spacial score (nSPS) is 21.7. The average molecular weight is 781 g/mol. The Balaban J connectivity index is 1.24. The van der Waals surface area contributed by atoms with Crippen molar-refractivity contribution in [2.24, 2.45) is 10.9 Å². The molecule has 0 radical (unpaired) electrons. The fraction of sp³-hybridized carbons (Fsp3) is 0.422. The summed E-state index contributed by atoms with van der Waals surface area (Å²) in [6.45, 7) is 15.3. The molecule has 288 valence electrons. The Morgan fingerprint density at radius 1 is 0.855 bits per heavy atom. The van der Waals surface area contributed by atoms with E-state index in [4.69, 9.17) is 37.9 Å². The summed E-state index contributed by atoms with van der Waals surface area (Å²) in [7, 11) is 0. The zero-order valence-electron chi connectivity index (χ0n) is 32.7. The molecule has 4 heterocycles. The molecule has 0 aliphatic carbocycles. The molecule has 3 amide bonds. The van der Waals surface area contributed by atoms with Crippen LogP contribution in [0.5, 0.6) is 5.75 Å². The molecule has 0 unspecified atom stereocenters. The molecular formula is C45H51Cl2N5O3. The van der Waals surface area contributed by atoms with Crippen LogP contribution in [0.1, 0.15) is 94.3 Å². The predicted molar refractivity (Wildman–Crippen MR) is 220 cm³/mol. The van der Waals surface area contributed by atoms with Crippen molar-refractivity contribution in [2.75, 3.05) is 26.2 Å². The first-order valence-corrected chi connectivity index (χ1v) is 20.2. The number of hydrogen-bond donors (Lipinski definition) is 0. The van der Waals surface area contributed by atoms with Gasteiger partial charge >= 0.3 is 6.03 Å². The molecule has 0 spiro atoms. The number of piperidine rings is 1. The maximum atomic E-state index is 15.4. The zero-order valence-corrected chi connectivity index (χ0v) is 34.3. The van der Waals surface area contributed by atoms with E-state index in [0.717, 1.165) is 42.6 Å². The maximum absolute atomic E-state index is 15.4. The number of amidine groups is 1. The summed E-state index contributed by atoms with van der Waals surface area (Å²) in [4.78, 5) is 45.2. The van der Waals surface area contributed by atoms with Crippen LogP contribution in [-0.4, -0.2) is 63.7 Å². The van der Waals surface area contributed by atoms with Gasteiger partial charge in [-0.15, -0.1) is 0 Å². The third-order valence-corrected chi connectivity index (χ3v) is 12.5. The summed E-state index contributed by atoms with van der Waals surface area (Å²) in [5.41, 5.74) is 3.64. The van der Waals surface area contributed by atoms with Gasteiger partial charge in [-0.2, -0.15) is 0 Å². The van der Waals surface area contributed by atoms with Gasteiger partial charge in [0, 0.05) is 66.0 Å². The van der Waals surface area contributed by atoms with Gasteiger partial charge < -0.3 is 14.5 Å². The van der Waals surface area contributed by atoms with E-state index in [0.29, 0.717) is 59.9 Å². The van der Waals surface area contributed by atoms with Gasteiger partial charge in [0.1, 0.15) is 22.7 Å². The molecular weight excluding hydrogens is 729 g/mol. The Morgan fingerprint density at radius 3 is 2.09 bits per heavy atom. The van der Waals surface area contributed by atoms with Crippen molar-refractivity contribution < 1.29 is 14.3 Å². The van der Waals surface area contributed by atoms with Gasteiger partial charge in [-0.25, -0.2) is 4.79 Å². The SMILES string of the molecule is CCOc1cc(C(C)(C)C)ncc1C1=N[C@@](C)(c2ccc(Cl)cc2)[C@@](C)(c2ccc(Cl)cc2)N1C(=O)N1CCC(CC(=O)N2CCc3ccccc3C2)CC1. The monoisotopic (exact) mass is 779 g/mol. The molecule has 0 saturated carbocycles. The van der Waals surface area contributed by atoms with E-state index in [1.54, 1.807) is 6.20 Å². The standard InChI is InChI=1S/C45H51Cl2N5O3/c1-7-55-38-27-39(43(2,3)4)48-28-37(38)41-49-44(5,33-12-16-35(46)17-13-33)45(6,34-14-18-36(47)19-15-34)52(41)42(54)50-23-20-30(21-24-50)26-40(53)51-25-22-31-10-8-9-11-32(31)29-51/h8-19,27-28,30H,7,20-26,29H2,1-6H3/t44-,45+/m0/s1. The predicted octanol–water partition coefficient (Wildman–Crippen LogP) is 9.78. The van der Waals surface area contributed by atoms with Gasteiger partial charge in [-0.05, 0) is 92.5 Å². The Morgan fingerprint density at radius 2 is 1.47 bits per heavy atom. The highest BCUT2D eigenvalue weighted by Gasteiger charge is 2.60. The van der Waals surface area contributed by atoms with Crippen molar-refractivity contribution >= 4 is 41.0 Å². The Hall–Kier alpha value is -4.40. The number of benzene rings is 3. The third kappa shape index (κ3) is 7.36. The largest absolute Gasteiger partial charge is 0.493 e. The molecule has 1 fully saturated rings. The molecule has 8 nitrogen and oxygen atoms in total. The lowest BCUT2D eigenvalue weighted by Gasteiger charge is -2.47. The number of likely N-dealkylation sites (tertiary alicyclic amines) is 1. The number of hydrogen-bond acceptors (Lipinski definition) is 5. The van der Waals surface area contributed by atoms with Crippen molar-refractivity contribution in [3.05, 3.63) is 129 Å². The average Bonchev–Trinajstić information content (AvgIpc) is 3.42. The summed E-state index contributed by atoms with van der Waals surface area (Å²) >= 11 is 12.9. The maximum Gasteiger partial charge on any atom is 0.326 e. The molecule has 2 atom stereocenters. The first-order valence-electron chi connectivity index (χ1n) is 19.4. The molecule has 3 aromatic carbocycles. The van der Waals surface area contributed by atoms with Crippen LogP contribution < -0.4 is 4.74 Å². The van der Waals surface area contributed by atoms with Gasteiger partial charge in [0.2, 0.25) is 5.91 Å². The number of pyridine rings is 1. The summed E-state index contributed by atoms with van der Waals surface area (Å²) in [5, 5.41) is 1.21. The second-order valence-corrected chi connectivity index (χ2v) is 17.3. The molecule has 1 aromatic heterocycles. The van der Waals surface area contributed by atoms with E-state index in [-0.39, 0.29) is 23.3 Å². The topological polar surface area (TPSA) is 78.3 Å². The summed E-state index contributed by atoms with van der Waals surface area (Å²) in [5.74, 6) is 1.49. The van der Waals surface area contributed by atoms with E-state index in [1.807, 2.05) is 82.3 Å². The Labute approximate surface area is 335 Å². The number of halogens is 2. The highest BCUT2D eigenvalue weighted by molar-refractivity contribution is 6.30. The van der Waals surface area contributed by atoms with Gasteiger partial charge in [0.25, 0.3) is 0 Å². The molecule has 3 aliphatic heterocycles. The van der Waals surface area contributed by atoms with Crippen molar-refractivity contribution in [2.45, 2.75) is 90.3 Å². The van der Waals surface area contributed by atoms with Crippen LogP contribution in [0.3, 0.4) is 0 Å². The minimum atomic E-state index is -1.03. The lowest BCUT2D eigenvalue weighted by molar-refractivity contribution is -0.133. The Bertz CT molecular complexity index is 2090. The van der Waals surface area contributed by atoms with Gasteiger partial charge in [0.15, 0.2) is 0 Å². The van der Waals surface area contributed by atoms with Crippen LogP contribution in [-0.2, 0) is 34.3 Å². The highest BCUT2D eigenvalue weighted by Crippen LogP contribution is 2.54. The number of fused-ring (bicyclic) bond motifs is 1. The van der Waals surface area contributed by atoms with E-state index in [9.17, 15) is 4.79 Å². The van der Waals surface area contributed by atoms with E-state index >= 15 is 4.79 Å². The minimum absolute atomic E-state index is 0.159. The molecule has 3 aliphatic rings. The summed E-state index contributed by atoms with van der Waals surface area (Å²) < 4.78 is 6.32. The number of nitrogens with zero attached hydrogens (tertiary/aromatic N) is 5. The number of ether oxygens (including phenoxy) is 1. The second kappa shape index (κ2) is 15.3. The highest BCUT2D eigenvalue weighted by atomic mass is 35.5. The lowest BCUT2D eigenvalue weighted by atomic mass is 9.71. The first kappa shape index (κ1) is 38.9. The number of carbonyl (C=O) groups is 2. The van der Waals surface area contributed by atoms with Gasteiger partial charge in [-0.1, -0.05) is 92.5 Å².